The topological polar surface area (TPSA) is 37.3 Å². The molecule has 0 amide bonds. The smallest absolute Gasteiger partial charge is 0.133 e. The fourth-order valence-electron chi connectivity index (χ4n) is 6.24. The lowest BCUT2D eigenvalue weighted by molar-refractivity contribution is -0.125. The highest BCUT2D eigenvalue weighted by molar-refractivity contribution is 5.79. The highest BCUT2D eigenvalue weighted by Gasteiger charge is 2.55. The maximum absolute atomic E-state index is 12.1. The number of hydrogen-bond acceptors (Lipinski definition) is 2. The van der Waals surface area contributed by atoms with Gasteiger partial charge in [-0.1, -0.05) is 13.0 Å². The molecule has 4 rings (SSSR count). The molecule has 118 valence electrons. The first kappa shape index (κ1) is 14.3. The molecule has 2 fully saturated rings. The molecule has 0 aromatic heterocycles. The maximum Gasteiger partial charge on any atom is 0.133 e. The fraction of sp³-hybridized carbons (Fsp3) is 0.650. The molecule has 1 unspecified atom stereocenters. The molecule has 3 aliphatic rings. The van der Waals surface area contributed by atoms with Gasteiger partial charge in [-0.25, -0.2) is 0 Å². The maximum atomic E-state index is 12.1. The standard InChI is InChI=1S/C20H26O2/c1-12(21)18-7-8-19-17-5-3-13-11-14(22)4-6-15(13)16(17)9-10-20(18,19)2/h4,6,11,16-19,22H,3,5,7-10H2,1-2H3/t16-,17-,18?,19+,20-/m1/s1. The van der Waals surface area contributed by atoms with E-state index in [1.54, 1.807) is 6.92 Å². The molecule has 1 aromatic rings. The van der Waals surface area contributed by atoms with Crippen LogP contribution in [0.2, 0.25) is 0 Å². The fourth-order valence-corrected chi connectivity index (χ4v) is 6.24. The number of phenols is 1. The van der Waals surface area contributed by atoms with Crippen LogP contribution in [0.15, 0.2) is 18.2 Å². The molecule has 1 aromatic carbocycles. The first-order chi connectivity index (χ1) is 10.5. The van der Waals surface area contributed by atoms with Crippen LogP contribution in [-0.2, 0) is 11.2 Å². The minimum Gasteiger partial charge on any atom is -0.508 e. The van der Waals surface area contributed by atoms with Gasteiger partial charge < -0.3 is 5.11 Å². The quantitative estimate of drug-likeness (QED) is 0.831. The van der Waals surface area contributed by atoms with Crippen LogP contribution in [0, 0.1) is 23.2 Å². The van der Waals surface area contributed by atoms with Crippen molar-refractivity contribution in [3.8, 4) is 5.75 Å². The van der Waals surface area contributed by atoms with Gasteiger partial charge in [0.15, 0.2) is 0 Å². The normalized spacial score (nSPS) is 39.7. The predicted molar refractivity (Wildman–Crippen MR) is 86.9 cm³/mol. The number of carbonyl (C=O) groups is 1. The molecule has 3 aliphatic carbocycles. The summed E-state index contributed by atoms with van der Waals surface area (Å²) in [5, 5.41) is 9.73. The van der Waals surface area contributed by atoms with Crippen LogP contribution in [-0.4, -0.2) is 10.9 Å². The van der Waals surface area contributed by atoms with Gasteiger partial charge in [0, 0.05) is 5.92 Å². The first-order valence-corrected chi connectivity index (χ1v) is 8.83. The van der Waals surface area contributed by atoms with E-state index in [1.807, 2.05) is 12.1 Å². The zero-order chi connectivity index (χ0) is 15.5. The van der Waals surface area contributed by atoms with Crippen LogP contribution < -0.4 is 0 Å². The number of benzene rings is 1. The van der Waals surface area contributed by atoms with Gasteiger partial charge in [-0.05, 0) is 91.9 Å². The summed E-state index contributed by atoms with van der Waals surface area (Å²) in [6.07, 6.45) is 7.04. The summed E-state index contributed by atoms with van der Waals surface area (Å²) in [5.41, 5.74) is 3.06. The van der Waals surface area contributed by atoms with E-state index >= 15 is 0 Å². The minimum atomic E-state index is 0.238. The zero-order valence-electron chi connectivity index (χ0n) is 13.6. The Balaban J connectivity index is 1.69. The van der Waals surface area contributed by atoms with E-state index in [0.717, 1.165) is 18.8 Å². The number of aromatic hydroxyl groups is 1. The molecule has 0 spiro atoms. The van der Waals surface area contributed by atoms with E-state index in [0.29, 0.717) is 29.3 Å². The number of Topliss-reactive ketones (excluding diaryl/α,β-unsaturated/α-hetero) is 1. The lowest BCUT2D eigenvalue weighted by Crippen LogP contribution is -2.43. The van der Waals surface area contributed by atoms with Crippen LogP contribution in [0.25, 0.3) is 0 Å². The molecule has 0 saturated heterocycles. The third-order valence-electron chi connectivity index (χ3n) is 7.20. The molecular weight excluding hydrogens is 272 g/mol. The largest absolute Gasteiger partial charge is 0.508 e. The van der Waals surface area contributed by atoms with Crippen LogP contribution in [0.3, 0.4) is 0 Å². The number of ketones is 1. The molecule has 0 radical (unpaired) electrons. The van der Waals surface area contributed by atoms with Gasteiger partial charge in [0.05, 0.1) is 0 Å². The lowest BCUT2D eigenvalue weighted by Gasteiger charge is -2.50. The highest BCUT2D eigenvalue weighted by atomic mass is 16.3. The Morgan fingerprint density at radius 3 is 2.82 bits per heavy atom. The third kappa shape index (κ3) is 1.89. The molecule has 5 atom stereocenters. The van der Waals surface area contributed by atoms with Gasteiger partial charge in [-0.15, -0.1) is 0 Å². The first-order valence-electron chi connectivity index (χ1n) is 8.83. The second-order valence-corrected chi connectivity index (χ2v) is 8.08. The monoisotopic (exact) mass is 298 g/mol. The summed E-state index contributed by atoms with van der Waals surface area (Å²) in [5.74, 6) is 3.19. The van der Waals surface area contributed by atoms with Crippen LogP contribution in [0.4, 0.5) is 0 Å². The van der Waals surface area contributed by atoms with Crippen molar-refractivity contribution in [1.82, 2.24) is 0 Å². The Hall–Kier alpha value is -1.31. The van der Waals surface area contributed by atoms with Crippen molar-refractivity contribution in [3.63, 3.8) is 0 Å². The second-order valence-electron chi connectivity index (χ2n) is 8.08. The van der Waals surface area contributed by atoms with E-state index in [9.17, 15) is 9.90 Å². The summed E-state index contributed by atoms with van der Waals surface area (Å²) in [7, 11) is 0. The van der Waals surface area contributed by atoms with E-state index in [2.05, 4.69) is 13.0 Å². The molecule has 0 bridgehead atoms. The summed E-state index contributed by atoms with van der Waals surface area (Å²) >= 11 is 0. The number of aryl methyl sites for hydroxylation is 1. The van der Waals surface area contributed by atoms with Gasteiger partial charge >= 0.3 is 0 Å². The summed E-state index contributed by atoms with van der Waals surface area (Å²) in [6.45, 7) is 4.18. The Kier molecular flexibility index (Phi) is 3.15. The SMILES string of the molecule is CC(=O)C1CC[C@H]2[C@@H]3CCc4cc(O)ccc4[C@H]3CC[C@]12C. The second kappa shape index (κ2) is 4.84. The van der Waals surface area contributed by atoms with Crippen LogP contribution in [0.5, 0.6) is 5.75 Å². The lowest BCUT2D eigenvalue weighted by atomic mass is 9.54. The minimum absolute atomic E-state index is 0.238. The van der Waals surface area contributed by atoms with E-state index in [1.165, 1.54) is 36.8 Å². The third-order valence-corrected chi connectivity index (χ3v) is 7.20. The van der Waals surface area contributed by atoms with Gasteiger partial charge in [-0.3, -0.25) is 4.79 Å². The van der Waals surface area contributed by atoms with Crippen LogP contribution in [0.1, 0.15) is 63.0 Å². The molecule has 22 heavy (non-hydrogen) atoms. The predicted octanol–water partition coefficient (Wildman–Crippen LogP) is 4.45. The average Bonchev–Trinajstić information content (AvgIpc) is 2.84. The summed E-state index contributed by atoms with van der Waals surface area (Å²) in [6, 6.07) is 5.97. The highest BCUT2D eigenvalue weighted by Crippen LogP contribution is 2.63. The number of carbonyl (C=O) groups excluding carboxylic acids is 1. The Labute approximate surface area is 132 Å². The van der Waals surface area contributed by atoms with Crippen molar-refractivity contribution in [3.05, 3.63) is 29.3 Å². The van der Waals surface area contributed by atoms with Crippen molar-refractivity contribution in [2.75, 3.05) is 0 Å². The van der Waals surface area contributed by atoms with Gasteiger partial charge in [0.2, 0.25) is 0 Å². The number of rotatable bonds is 1. The number of phenolic OH excluding ortho intramolecular Hbond substituents is 1. The van der Waals surface area contributed by atoms with Gasteiger partial charge in [0.1, 0.15) is 11.5 Å². The molecule has 2 nitrogen and oxygen atoms in total. The summed E-state index contributed by atoms with van der Waals surface area (Å²) in [4.78, 5) is 12.1. The van der Waals surface area contributed by atoms with E-state index < -0.39 is 0 Å². The molecular formula is C20H26O2. The van der Waals surface area contributed by atoms with Gasteiger partial charge in [-0.2, -0.15) is 0 Å². The molecule has 0 aliphatic heterocycles. The van der Waals surface area contributed by atoms with Gasteiger partial charge in [0.25, 0.3) is 0 Å². The molecule has 2 saturated carbocycles. The Bertz CT molecular complexity index is 620. The average molecular weight is 298 g/mol. The van der Waals surface area contributed by atoms with Crippen molar-refractivity contribution in [2.45, 2.75) is 58.3 Å². The zero-order valence-corrected chi connectivity index (χ0v) is 13.6. The van der Waals surface area contributed by atoms with Crippen molar-refractivity contribution in [1.29, 1.82) is 0 Å². The summed E-state index contributed by atoms with van der Waals surface area (Å²) < 4.78 is 0. The van der Waals surface area contributed by atoms with Crippen molar-refractivity contribution in [2.24, 2.45) is 23.2 Å². The van der Waals surface area contributed by atoms with Crippen molar-refractivity contribution < 1.29 is 9.90 Å². The molecule has 2 heteroatoms. The molecule has 0 heterocycles. The van der Waals surface area contributed by atoms with Crippen molar-refractivity contribution >= 4 is 5.78 Å². The Morgan fingerprint density at radius 1 is 1.23 bits per heavy atom. The van der Waals surface area contributed by atoms with E-state index in [-0.39, 0.29) is 5.41 Å². The number of hydrogen-bond donors (Lipinski definition) is 1. The molecule has 1 N–H and O–H groups in total. The van der Waals surface area contributed by atoms with Crippen LogP contribution >= 0.6 is 0 Å². The number of fused-ring (bicyclic) bond motifs is 5. The Morgan fingerprint density at radius 2 is 2.05 bits per heavy atom. The van der Waals surface area contributed by atoms with E-state index in [4.69, 9.17) is 0 Å².